The van der Waals surface area contributed by atoms with Crippen LogP contribution in [0.15, 0.2) is 36.5 Å². The summed E-state index contributed by atoms with van der Waals surface area (Å²) in [5.41, 5.74) is 0.869. The summed E-state index contributed by atoms with van der Waals surface area (Å²) in [5.74, 6) is 0. The molecule has 0 fully saturated rings. The first-order chi connectivity index (χ1) is 5.86. The Hall–Kier alpha value is -1.35. The summed E-state index contributed by atoms with van der Waals surface area (Å²) in [7, 11) is 0. The molecule has 12 heavy (non-hydrogen) atoms. The molecular formula is C9H6N2S. The van der Waals surface area contributed by atoms with Crippen LogP contribution in [0.1, 0.15) is 0 Å². The first-order valence-electron chi connectivity index (χ1n) is 3.58. The third-order valence-electron chi connectivity index (χ3n) is 1.58. The summed E-state index contributed by atoms with van der Waals surface area (Å²) in [5, 5.41) is 8.84. The molecular weight excluding hydrogens is 168 g/mol. The first kappa shape index (κ1) is 7.31. The topological polar surface area (TPSA) is 25.8 Å². The minimum atomic E-state index is 0.712. The van der Waals surface area contributed by atoms with Gasteiger partial charge < -0.3 is 0 Å². The molecule has 0 bridgehead atoms. The lowest BCUT2D eigenvalue weighted by Crippen LogP contribution is -1.72. The van der Waals surface area contributed by atoms with Crippen LogP contribution in [0.3, 0.4) is 0 Å². The molecule has 2 rings (SSSR count). The van der Waals surface area contributed by atoms with E-state index in [1.165, 1.54) is 0 Å². The maximum Gasteiger partial charge on any atom is 0.0929 e. The van der Waals surface area contributed by atoms with Crippen molar-refractivity contribution in [3.05, 3.63) is 41.0 Å². The van der Waals surface area contributed by atoms with E-state index < -0.39 is 0 Å². The highest BCUT2D eigenvalue weighted by atomic mass is 32.1. The van der Waals surface area contributed by atoms with Crippen LogP contribution in [0.2, 0.25) is 0 Å². The molecule has 0 aliphatic rings. The Bertz CT molecular complexity index is 468. The van der Waals surface area contributed by atoms with Crippen LogP contribution in [0.5, 0.6) is 0 Å². The zero-order valence-electron chi connectivity index (χ0n) is 6.27. The van der Waals surface area contributed by atoms with Crippen LogP contribution in [0, 0.1) is 4.51 Å². The summed E-state index contributed by atoms with van der Waals surface area (Å²) < 4.78 is 0.712. The largest absolute Gasteiger partial charge is 0.157 e. The summed E-state index contributed by atoms with van der Waals surface area (Å²) in [6.45, 7) is 0. The van der Waals surface area contributed by atoms with E-state index in [2.05, 4.69) is 10.2 Å². The van der Waals surface area contributed by atoms with Gasteiger partial charge in [-0.25, -0.2) is 0 Å². The Morgan fingerprint density at radius 2 is 2.00 bits per heavy atom. The fourth-order valence-electron chi connectivity index (χ4n) is 1.04. The van der Waals surface area contributed by atoms with Crippen LogP contribution in [0.25, 0.3) is 10.9 Å². The van der Waals surface area contributed by atoms with Crippen molar-refractivity contribution >= 4 is 23.1 Å². The molecule has 0 unspecified atom stereocenters. The highest BCUT2D eigenvalue weighted by Crippen LogP contribution is 2.07. The highest BCUT2D eigenvalue weighted by Gasteiger charge is 1.88. The average molecular weight is 174 g/mol. The molecule has 0 saturated heterocycles. The van der Waals surface area contributed by atoms with E-state index in [0.29, 0.717) is 4.51 Å². The molecule has 2 aromatic rings. The maximum absolute atomic E-state index is 5.00. The van der Waals surface area contributed by atoms with Gasteiger partial charge in [-0.05, 0) is 12.1 Å². The zero-order valence-corrected chi connectivity index (χ0v) is 7.08. The molecule has 3 heteroatoms. The van der Waals surface area contributed by atoms with E-state index in [4.69, 9.17) is 12.2 Å². The van der Waals surface area contributed by atoms with Crippen LogP contribution in [0.4, 0.5) is 0 Å². The van der Waals surface area contributed by atoms with E-state index in [-0.39, 0.29) is 0 Å². The number of fused-ring (bicyclic) bond motifs is 1. The maximum atomic E-state index is 5.00. The number of hydrogen-bond donors (Lipinski definition) is 0. The second-order valence-electron chi connectivity index (χ2n) is 2.45. The lowest BCUT2D eigenvalue weighted by molar-refractivity contribution is 1.09. The number of hydrogen-bond acceptors (Lipinski definition) is 3. The Morgan fingerprint density at radius 3 is 2.92 bits per heavy atom. The minimum Gasteiger partial charge on any atom is -0.157 e. The van der Waals surface area contributed by atoms with Gasteiger partial charge in [0, 0.05) is 5.39 Å². The van der Waals surface area contributed by atoms with Gasteiger partial charge in [-0.1, -0.05) is 30.4 Å². The van der Waals surface area contributed by atoms with E-state index in [1.807, 2.05) is 30.3 Å². The van der Waals surface area contributed by atoms with E-state index in [9.17, 15) is 0 Å². The van der Waals surface area contributed by atoms with Crippen molar-refractivity contribution in [3.8, 4) is 0 Å². The van der Waals surface area contributed by atoms with Crippen molar-refractivity contribution in [2.24, 2.45) is 0 Å². The summed E-state index contributed by atoms with van der Waals surface area (Å²) >= 11 is 5.00. The molecule has 0 aliphatic heterocycles. The van der Waals surface area contributed by atoms with Gasteiger partial charge >= 0.3 is 0 Å². The number of aromatic nitrogens is 2. The van der Waals surface area contributed by atoms with Gasteiger partial charge in [-0.2, -0.15) is 10.2 Å². The lowest BCUT2D eigenvalue weighted by Gasteiger charge is -1.85. The normalized spacial score (nSPS) is 10.0. The van der Waals surface area contributed by atoms with Gasteiger partial charge in [0.15, 0.2) is 0 Å². The Labute approximate surface area is 74.9 Å². The van der Waals surface area contributed by atoms with Crippen LogP contribution in [-0.2, 0) is 0 Å². The second kappa shape index (κ2) is 2.95. The van der Waals surface area contributed by atoms with Gasteiger partial charge in [-0.3, -0.25) is 0 Å². The predicted octanol–water partition coefficient (Wildman–Crippen LogP) is 2.36. The van der Waals surface area contributed by atoms with E-state index in [1.54, 1.807) is 6.20 Å². The molecule has 0 N–H and O–H groups in total. The van der Waals surface area contributed by atoms with Crippen molar-refractivity contribution < 1.29 is 0 Å². The molecule has 0 aliphatic carbocycles. The highest BCUT2D eigenvalue weighted by molar-refractivity contribution is 7.71. The Balaban J connectivity index is 2.98. The third-order valence-corrected chi connectivity index (χ3v) is 1.81. The van der Waals surface area contributed by atoms with Crippen molar-refractivity contribution in [3.63, 3.8) is 0 Å². The van der Waals surface area contributed by atoms with Gasteiger partial charge in [0.1, 0.15) is 0 Å². The van der Waals surface area contributed by atoms with E-state index in [0.717, 1.165) is 10.9 Å². The lowest BCUT2D eigenvalue weighted by atomic mass is 10.2. The number of rotatable bonds is 0. The molecule has 1 aromatic heterocycles. The molecule has 0 spiro atoms. The fraction of sp³-hybridized carbons (Fsp3) is 0. The Morgan fingerprint density at radius 1 is 1.17 bits per heavy atom. The van der Waals surface area contributed by atoms with Crippen LogP contribution >= 0.6 is 12.2 Å². The van der Waals surface area contributed by atoms with Gasteiger partial charge in [0.2, 0.25) is 0 Å². The number of benzene rings is 1. The van der Waals surface area contributed by atoms with Gasteiger partial charge in [0.05, 0.1) is 16.2 Å². The zero-order chi connectivity index (χ0) is 8.39. The second-order valence-corrected chi connectivity index (χ2v) is 2.92. The number of nitrogens with zero attached hydrogens (tertiary/aromatic N) is 2. The van der Waals surface area contributed by atoms with Crippen molar-refractivity contribution in [1.82, 2.24) is 10.2 Å². The molecule has 0 atom stereocenters. The monoisotopic (exact) mass is 174 g/mol. The van der Waals surface area contributed by atoms with E-state index >= 15 is 0 Å². The molecule has 1 aromatic carbocycles. The smallest absolute Gasteiger partial charge is 0.0929 e. The molecule has 2 nitrogen and oxygen atoms in total. The van der Waals surface area contributed by atoms with Crippen molar-refractivity contribution in [1.29, 1.82) is 0 Å². The molecule has 0 radical (unpaired) electrons. The molecule has 58 valence electrons. The SMILES string of the molecule is S=c1cnnc2ccccc2c1. The molecule has 0 amide bonds. The predicted molar refractivity (Wildman–Crippen MR) is 50.4 cm³/mol. The summed E-state index contributed by atoms with van der Waals surface area (Å²) in [6.07, 6.45) is 1.58. The van der Waals surface area contributed by atoms with Gasteiger partial charge in [-0.15, -0.1) is 0 Å². The van der Waals surface area contributed by atoms with Crippen molar-refractivity contribution in [2.45, 2.75) is 0 Å². The van der Waals surface area contributed by atoms with Crippen LogP contribution < -0.4 is 0 Å². The summed E-state index contributed by atoms with van der Waals surface area (Å²) in [6, 6.07) is 9.67. The molecule has 0 saturated carbocycles. The minimum absolute atomic E-state index is 0.712. The quantitative estimate of drug-likeness (QED) is 0.573. The first-order valence-corrected chi connectivity index (χ1v) is 3.99. The summed E-state index contributed by atoms with van der Waals surface area (Å²) in [4.78, 5) is 0. The standard InChI is InChI=1S/C9H6N2S/c12-8-5-7-3-1-2-4-9(7)11-10-6-8/h1-6H. The van der Waals surface area contributed by atoms with Crippen molar-refractivity contribution in [2.75, 3.05) is 0 Å². The Kier molecular flexibility index (Phi) is 1.80. The van der Waals surface area contributed by atoms with Crippen LogP contribution in [-0.4, -0.2) is 10.2 Å². The molecule has 1 heterocycles. The van der Waals surface area contributed by atoms with Gasteiger partial charge in [0.25, 0.3) is 0 Å². The third kappa shape index (κ3) is 1.31. The fourth-order valence-corrected chi connectivity index (χ4v) is 1.21. The average Bonchev–Trinajstić information content (AvgIpc) is 2.25.